The van der Waals surface area contributed by atoms with Crippen molar-refractivity contribution < 1.29 is 13.2 Å². The van der Waals surface area contributed by atoms with E-state index in [2.05, 4.69) is 5.32 Å². The van der Waals surface area contributed by atoms with E-state index in [1.54, 1.807) is 23.9 Å². The Morgan fingerprint density at radius 2 is 1.81 bits per heavy atom. The van der Waals surface area contributed by atoms with Gasteiger partial charge in [-0.05, 0) is 48.2 Å². The maximum Gasteiger partial charge on any atom is 0.224 e. The molecule has 5 nitrogen and oxygen atoms in total. The van der Waals surface area contributed by atoms with E-state index in [9.17, 15) is 13.2 Å². The molecule has 1 amide bonds. The summed E-state index contributed by atoms with van der Waals surface area (Å²) in [5.74, 6) is 0.967. The lowest BCUT2D eigenvalue weighted by atomic mass is 9.99. The molecule has 0 saturated carbocycles. The highest BCUT2D eigenvalue weighted by molar-refractivity contribution is 7.98. The van der Waals surface area contributed by atoms with Crippen LogP contribution in [0.5, 0.6) is 0 Å². The van der Waals surface area contributed by atoms with Gasteiger partial charge in [0.05, 0.1) is 11.7 Å². The van der Waals surface area contributed by atoms with Crippen molar-refractivity contribution in [3.05, 3.63) is 68.7 Å². The molecule has 1 saturated heterocycles. The van der Waals surface area contributed by atoms with Crippen molar-refractivity contribution in [2.45, 2.75) is 24.3 Å². The number of sulfonamides is 1. The lowest BCUT2D eigenvalue weighted by Gasteiger charge is -2.31. The summed E-state index contributed by atoms with van der Waals surface area (Å²) in [4.78, 5) is 12.6. The molecular weight excluding hydrogens is 511 g/mol. The second kappa shape index (κ2) is 12.0. The Kier molecular flexibility index (Phi) is 9.58. The summed E-state index contributed by atoms with van der Waals surface area (Å²) in [6.45, 7) is 1.15. The third kappa shape index (κ3) is 7.54. The molecule has 32 heavy (non-hydrogen) atoms. The number of nitrogens with zero attached hydrogens (tertiary/aromatic N) is 1. The standard InChI is InChI=1S/C22H25Cl3N2O3S2/c23-19-6-3-16(4-7-19)14-31-11-9-26-22(28)17-2-1-10-27(13-17)32(29,30)15-18-5-8-20(24)12-21(18)25/h3-8,12,17H,1-2,9-11,13-15H2,(H,26,28). The van der Waals surface area contributed by atoms with Crippen molar-refractivity contribution in [3.63, 3.8) is 0 Å². The highest BCUT2D eigenvalue weighted by atomic mass is 35.5. The van der Waals surface area contributed by atoms with Gasteiger partial charge in [-0.2, -0.15) is 11.8 Å². The van der Waals surface area contributed by atoms with Crippen LogP contribution in [0.1, 0.15) is 24.0 Å². The monoisotopic (exact) mass is 534 g/mol. The quantitative estimate of drug-likeness (QED) is 0.446. The van der Waals surface area contributed by atoms with Gasteiger partial charge in [0.15, 0.2) is 0 Å². The molecule has 0 aromatic heterocycles. The molecule has 0 bridgehead atoms. The second-order valence-corrected chi connectivity index (χ2v) is 12.0. The normalized spacial score (nSPS) is 17.3. The average molecular weight is 536 g/mol. The number of amides is 1. The van der Waals surface area contributed by atoms with Crippen LogP contribution in [0.3, 0.4) is 0 Å². The van der Waals surface area contributed by atoms with Gasteiger partial charge in [0, 0.05) is 46.2 Å². The van der Waals surface area contributed by atoms with Gasteiger partial charge in [-0.15, -0.1) is 0 Å². The molecule has 1 atom stereocenters. The first-order valence-electron chi connectivity index (χ1n) is 10.3. The van der Waals surface area contributed by atoms with Gasteiger partial charge in [0.2, 0.25) is 15.9 Å². The maximum atomic E-state index is 12.9. The molecule has 1 unspecified atom stereocenters. The van der Waals surface area contributed by atoms with Crippen molar-refractivity contribution in [2.24, 2.45) is 5.92 Å². The Hall–Kier alpha value is -0.960. The first kappa shape index (κ1) is 25.7. The summed E-state index contributed by atoms with van der Waals surface area (Å²) in [5, 5.41) is 4.44. The van der Waals surface area contributed by atoms with Crippen LogP contribution in [-0.4, -0.2) is 44.0 Å². The predicted octanol–water partition coefficient (Wildman–Crippen LogP) is 5.24. The van der Waals surface area contributed by atoms with Crippen molar-refractivity contribution in [1.29, 1.82) is 0 Å². The molecule has 2 aromatic carbocycles. The number of hydrogen-bond acceptors (Lipinski definition) is 4. The number of carbonyl (C=O) groups excluding carboxylic acids is 1. The minimum Gasteiger partial charge on any atom is -0.355 e. The van der Waals surface area contributed by atoms with Crippen LogP contribution in [0.4, 0.5) is 0 Å². The summed E-state index contributed by atoms with van der Waals surface area (Å²) >= 11 is 19.6. The number of carbonyl (C=O) groups is 1. The van der Waals surface area contributed by atoms with Gasteiger partial charge in [-0.25, -0.2) is 12.7 Å². The first-order chi connectivity index (χ1) is 15.2. The highest BCUT2D eigenvalue weighted by Crippen LogP contribution is 2.26. The molecular formula is C22H25Cl3N2O3S2. The van der Waals surface area contributed by atoms with Crippen LogP contribution in [0.15, 0.2) is 42.5 Å². The summed E-state index contributed by atoms with van der Waals surface area (Å²) in [6, 6.07) is 12.5. The lowest BCUT2D eigenvalue weighted by Crippen LogP contribution is -2.46. The molecule has 1 heterocycles. The first-order valence-corrected chi connectivity index (χ1v) is 14.2. The highest BCUT2D eigenvalue weighted by Gasteiger charge is 2.32. The third-order valence-electron chi connectivity index (χ3n) is 5.23. The fraction of sp³-hybridized carbons (Fsp3) is 0.409. The maximum absolute atomic E-state index is 12.9. The number of benzene rings is 2. The van der Waals surface area contributed by atoms with E-state index in [-0.39, 0.29) is 24.1 Å². The summed E-state index contributed by atoms with van der Waals surface area (Å²) < 4.78 is 27.2. The van der Waals surface area contributed by atoms with Crippen molar-refractivity contribution in [2.75, 3.05) is 25.4 Å². The smallest absolute Gasteiger partial charge is 0.224 e. The van der Waals surface area contributed by atoms with Gasteiger partial charge >= 0.3 is 0 Å². The molecule has 1 fully saturated rings. The molecule has 0 spiro atoms. The van der Waals surface area contributed by atoms with E-state index >= 15 is 0 Å². The zero-order valence-electron chi connectivity index (χ0n) is 17.4. The summed E-state index contributed by atoms with van der Waals surface area (Å²) in [6.07, 6.45) is 1.33. The Bertz CT molecular complexity index is 1030. The van der Waals surface area contributed by atoms with Gasteiger partial charge in [0.1, 0.15) is 0 Å². The van der Waals surface area contributed by atoms with Crippen molar-refractivity contribution >= 4 is 62.5 Å². The minimum atomic E-state index is -3.59. The molecule has 2 aromatic rings. The Morgan fingerprint density at radius 1 is 1.09 bits per heavy atom. The van der Waals surface area contributed by atoms with Crippen LogP contribution in [0.2, 0.25) is 15.1 Å². The molecule has 3 rings (SSSR count). The van der Waals surface area contributed by atoms with Crippen LogP contribution in [0.25, 0.3) is 0 Å². The van der Waals surface area contributed by atoms with Crippen LogP contribution < -0.4 is 5.32 Å². The number of rotatable bonds is 9. The van der Waals surface area contributed by atoms with Crippen LogP contribution in [0, 0.1) is 5.92 Å². The number of piperidine rings is 1. The third-order valence-corrected chi connectivity index (χ3v) is 8.89. The van der Waals surface area contributed by atoms with E-state index in [4.69, 9.17) is 34.8 Å². The molecule has 1 N–H and O–H groups in total. The van der Waals surface area contributed by atoms with E-state index in [0.717, 1.165) is 11.5 Å². The van der Waals surface area contributed by atoms with Gasteiger partial charge in [0.25, 0.3) is 0 Å². The SMILES string of the molecule is O=C(NCCSCc1ccc(Cl)cc1)C1CCCN(S(=O)(=O)Cc2ccc(Cl)cc2Cl)C1. The second-order valence-electron chi connectivity index (χ2n) is 7.66. The summed E-state index contributed by atoms with van der Waals surface area (Å²) in [5.41, 5.74) is 1.68. The fourth-order valence-corrected chi connectivity index (χ4v) is 6.64. The number of hydrogen-bond donors (Lipinski definition) is 1. The average Bonchev–Trinajstić information content (AvgIpc) is 2.77. The molecule has 174 valence electrons. The molecule has 1 aliphatic heterocycles. The van der Waals surface area contributed by atoms with Crippen molar-refractivity contribution in [1.82, 2.24) is 9.62 Å². The number of nitrogens with one attached hydrogen (secondary N) is 1. The number of halogens is 3. The largest absolute Gasteiger partial charge is 0.355 e. The zero-order valence-corrected chi connectivity index (χ0v) is 21.3. The lowest BCUT2D eigenvalue weighted by molar-refractivity contribution is -0.125. The molecule has 1 aliphatic rings. The van der Waals surface area contributed by atoms with Crippen LogP contribution in [-0.2, 0) is 26.3 Å². The molecule has 0 radical (unpaired) electrons. The molecule has 10 heteroatoms. The van der Waals surface area contributed by atoms with Gasteiger partial charge in [-0.1, -0.05) is 53.0 Å². The zero-order chi connectivity index (χ0) is 23.1. The van der Waals surface area contributed by atoms with E-state index in [1.807, 2.05) is 24.3 Å². The van der Waals surface area contributed by atoms with Crippen LogP contribution >= 0.6 is 46.6 Å². The van der Waals surface area contributed by atoms with E-state index in [0.29, 0.717) is 46.6 Å². The van der Waals surface area contributed by atoms with Crippen molar-refractivity contribution in [3.8, 4) is 0 Å². The Labute approximate surface area is 208 Å². The summed E-state index contributed by atoms with van der Waals surface area (Å²) in [7, 11) is -3.59. The fourth-order valence-electron chi connectivity index (χ4n) is 3.50. The van der Waals surface area contributed by atoms with Gasteiger partial charge in [-0.3, -0.25) is 4.79 Å². The number of thioether (sulfide) groups is 1. The topological polar surface area (TPSA) is 66.5 Å². The Morgan fingerprint density at radius 3 is 2.53 bits per heavy atom. The van der Waals surface area contributed by atoms with E-state index in [1.165, 1.54) is 15.9 Å². The molecule has 0 aliphatic carbocycles. The Balaban J connectivity index is 1.45. The van der Waals surface area contributed by atoms with Gasteiger partial charge < -0.3 is 5.32 Å². The van der Waals surface area contributed by atoms with E-state index < -0.39 is 10.0 Å². The predicted molar refractivity (Wildman–Crippen MR) is 134 cm³/mol. The minimum absolute atomic E-state index is 0.0958.